The molecule has 2 N–H and O–H groups in total. The summed E-state index contributed by atoms with van der Waals surface area (Å²) in [7, 11) is 0. The highest BCUT2D eigenvalue weighted by molar-refractivity contribution is 5.81. The van der Waals surface area contributed by atoms with E-state index in [1.165, 1.54) is 0 Å². The van der Waals surface area contributed by atoms with Gasteiger partial charge in [-0.1, -0.05) is 0 Å². The standard InChI is InChI=1S/C10H17NO5/c1-10(2,3)16-9(15)11-5-4-6(12)7(11)8(13)14/h6-7,12H,4-5H2,1-3H3,(H,13,14)/t6-,7?/m0/s1. The van der Waals surface area contributed by atoms with Gasteiger partial charge in [0.1, 0.15) is 5.60 Å². The maximum Gasteiger partial charge on any atom is 0.411 e. The van der Waals surface area contributed by atoms with Crippen LogP contribution < -0.4 is 0 Å². The number of amides is 1. The van der Waals surface area contributed by atoms with Crippen molar-refractivity contribution in [1.29, 1.82) is 0 Å². The highest BCUT2D eigenvalue weighted by Gasteiger charge is 2.42. The van der Waals surface area contributed by atoms with Crippen LogP contribution in [0.3, 0.4) is 0 Å². The van der Waals surface area contributed by atoms with Crippen molar-refractivity contribution in [3.63, 3.8) is 0 Å². The highest BCUT2D eigenvalue weighted by atomic mass is 16.6. The SMILES string of the molecule is CC(C)(C)OC(=O)N1CC[C@H](O)C1C(=O)O. The summed E-state index contributed by atoms with van der Waals surface area (Å²) in [6.45, 7) is 5.31. The Bertz CT molecular complexity index is 296. The Kier molecular flexibility index (Phi) is 3.42. The lowest BCUT2D eigenvalue weighted by molar-refractivity contribution is -0.144. The number of likely N-dealkylation sites (tertiary alicyclic amines) is 1. The summed E-state index contributed by atoms with van der Waals surface area (Å²) in [5, 5.41) is 18.3. The van der Waals surface area contributed by atoms with Crippen molar-refractivity contribution in [2.75, 3.05) is 6.54 Å². The second-order valence-corrected chi connectivity index (χ2v) is 4.81. The number of carboxylic acids is 1. The van der Waals surface area contributed by atoms with Gasteiger partial charge in [-0.05, 0) is 27.2 Å². The third-order valence-corrected chi connectivity index (χ3v) is 2.25. The normalized spacial score (nSPS) is 25.6. The van der Waals surface area contributed by atoms with Crippen LogP contribution in [-0.4, -0.2) is 51.5 Å². The summed E-state index contributed by atoms with van der Waals surface area (Å²) in [4.78, 5) is 23.6. The quantitative estimate of drug-likeness (QED) is 0.683. The molecule has 0 saturated carbocycles. The Hall–Kier alpha value is -1.30. The molecule has 1 rings (SSSR count). The molecule has 1 heterocycles. The van der Waals surface area contributed by atoms with E-state index in [1.807, 2.05) is 0 Å². The summed E-state index contributed by atoms with van der Waals surface area (Å²) in [5.74, 6) is -1.21. The summed E-state index contributed by atoms with van der Waals surface area (Å²) in [5.41, 5.74) is -0.673. The Morgan fingerprint density at radius 3 is 2.38 bits per heavy atom. The van der Waals surface area contributed by atoms with Gasteiger partial charge in [0.2, 0.25) is 0 Å². The van der Waals surface area contributed by atoms with E-state index >= 15 is 0 Å². The fourth-order valence-electron chi connectivity index (χ4n) is 1.60. The Labute approximate surface area is 93.8 Å². The molecule has 1 aliphatic rings. The van der Waals surface area contributed by atoms with E-state index in [4.69, 9.17) is 9.84 Å². The first-order valence-corrected chi connectivity index (χ1v) is 5.13. The lowest BCUT2D eigenvalue weighted by Crippen LogP contribution is -2.46. The molecular formula is C10H17NO5. The van der Waals surface area contributed by atoms with E-state index in [0.29, 0.717) is 0 Å². The maximum atomic E-state index is 11.7. The van der Waals surface area contributed by atoms with Gasteiger partial charge in [0.05, 0.1) is 6.10 Å². The zero-order chi connectivity index (χ0) is 12.5. The largest absolute Gasteiger partial charge is 0.480 e. The van der Waals surface area contributed by atoms with Crippen molar-refractivity contribution in [2.24, 2.45) is 0 Å². The minimum absolute atomic E-state index is 0.201. The summed E-state index contributed by atoms with van der Waals surface area (Å²) in [6.07, 6.45) is -1.46. The molecule has 0 aliphatic carbocycles. The zero-order valence-electron chi connectivity index (χ0n) is 9.64. The van der Waals surface area contributed by atoms with Gasteiger partial charge in [-0.2, -0.15) is 0 Å². The van der Waals surface area contributed by atoms with Gasteiger partial charge in [-0.25, -0.2) is 9.59 Å². The molecule has 1 amide bonds. The summed E-state index contributed by atoms with van der Waals surface area (Å²) < 4.78 is 5.06. The molecule has 0 aromatic heterocycles. The van der Waals surface area contributed by atoms with Gasteiger partial charge >= 0.3 is 12.1 Å². The van der Waals surface area contributed by atoms with Crippen molar-refractivity contribution in [3.05, 3.63) is 0 Å². The van der Waals surface area contributed by atoms with Gasteiger partial charge in [0.25, 0.3) is 0 Å². The van der Waals surface area contributed by atoms with E-state index in [9.17, 15) is 14.7 Å². The monoisotopic (exact) mass is 231 g/mol. The number of carboxylic acid groups (broad SMARTS) is 1. The summed E-state index contributed by atoms with van der Waals surface area (Å²) >= 11 is 0. The van der Waals surface area contributed by atoms with Crippen LogP contribution in [0.5, 0.6) is 0 Å². The number of aliphatic hydroxyl groups is 1. The number of hydrogen-bond acceptors (Lipinski definition) is 4. The van der Waals surface area contributed by atoms with Crippen LogP contribution in [0, 0.1) is 0 Å². The molecule has 0 aromatic rings. The van der Waals surface area contributed by atoms with Gasteiger partial charge < -0.3 is 14.9 Å². The number of hydrogen-bond donors (Lipinski definition) is 2. The van der Waals surface area contributed by atoms with Crippen LogP contribution in [0.25, 0.3) is 0 Å². The fraction of sp³-hybridized carbons (Fsp3) is 0.800. The third kappa shape index (κ3) is 2.85. The predicted octanol–water partition coefficient (Wildman–Crippen LogP) is 0.441. The zero-order valence-corrected chi connectivity index (χ0v) is 9.64. The average molecular weight is 231 g/mol. The number of carbonyl (C=O) groups is 2. The van der Waals surface area contributed by atoms with Gasteiger partial charge in [0.15, 0.2) is 6.04 Å². The van der Waals surface area contributed by atoms with Crippen molar-refractivity contribution < 1.29 is 24.5 Å². The molecule has 92 valence electrons. The molecule has 1 fully saturated rings. The van der Waals surface area contributed by atoms with Gasteiger partial charge in [-0.15, -0.1) is 0 Å². The molecule has 2 atom stereocenters. The number of rotatable bonds is 1. The number of ether oxygens (including phenoxy) is 1. The molecule has 0 radical (unpaired) electrons. The first-order chi connectivity index (χ1) is 7.22. The lowest BCUT2D eigenvalue weighted by Gasteiger charge is -2.27. The Morgan fingerprint density at radius 2 is 1.94 bits per heavy atom. The smallest absolute Gasteiger partial charge is 0.411 e. The second kappa shape index (κ2) is 4.29. The van der Waals surface area contributed by atoms with Crippen LogP contribution >= 0.6 is 0 Å². The van der Waals surface area contributed by atoms with Crippen molar-refractivity contribution in [1.82, 2.24) is 4.90 Å². The number of aliphatic carboxylic acids is 1. The van der Waals surface area contributed by atoms with E-state index in [0.717, 1.165) is 4.90 Å². The van der Waals surface area contributed by atoms with Crippen LogP contribution in [-0.2, 0) is 9.53 Å². The van der Waals surface area contributed by atoms with Gasteiger partial charge in [-0.3, -0.25) is 4.90 Å². The third-order valence-electron chi connectivity index (χ3n) is 2.25. The average Bonchev–Trinajstić information content (AvgIpc) is 2.43. The molecule has 16 heavy (non-hydrogen) atoms. The maximum absolute atomic E-state index is 11.7. The number of nitrogens with zero attached hydrogens (tertiary/aromatic N) is 1. The highest BCUT2D eigenvalue weighted by Crippen LogP contribution is 2.21. The molecule has 1 aliphatic heterocycles. The predicted molar refractivity (Wildman–Crippen MR) is 55.0 cm³/mol. The minimum atomic E-state index is -1.21. The van der Waals surface area contributed by atoms with Crippen LogP contribution in [0.15, 0.2) is 0 Å². The summed E-state index contributed by atoms with van der Waals surface area (Å²) in [6, 6.07) is -1.20. The van der Waals surface area contributed by atoms with E-state index in [-0.39, 0.29) is 13.0 Å². The Morgan fingerprint density at radius 1 is 1.38 bits per heavy atom. The van der Waals surface area contributed by atoms with E-state index < -0.39 is 29.8 Å². The van der Waals surface area contributed by atoms with Crippen LogP contribution in [0.1, 0.15) is 27.2 Å². The van der Waals surface area contributed by atoms with E-state index in [2.05, 4.69) is 0 Å². The van der Waals surface area contributed by atoms with Crippen molar-refractivity contribution in [3.8, 4) is 0 Å². The lowest BCUT2D eigenvalue weighted by atomic mass is 10.2. The molecule has 0 spiro atoms. The molecule has 6 heteroatoms. The van der Waals surface area contributed by atoms with Crippen molar-refractivity contribution in [2.45, 2.75) is 44.9 Å². The molecule has 0 bridgehead atoms. The van der Waals surface area contributed by atoms with Crippen LogP contribution in [0.4, 0.5) is 4.79 Å². The molecule has 6 nitrogen and oxygen atoms in total. The Balaban J connectivity index is 2.73. The first kappa shape index (κ1) is 12.8. The minimum Gasteiger partial charge on any atom is -0.480 e. The number of aliphatic hydroxyl groups excluding tert-OH is 1. The first-order valence-electron chi connectivity index (χ1n) is 5.13. The molecule has 1 saturated heterocycles. The van der Waals surface area contributed by atoms with Crippen molar-refractivity contribution >= 4 is 12.1 Å². The topological polar surface area (TPSA) is 87.1 Å². The number of carbonyl (C=O) groups excluding carboxylic acids is 1. The van der Waals surface area contributed by atoms with E-state index in [1.54, 1.807) is 20.8 Å². The molecule has 1 unspecified atom stereocenters. The fourth-order valence-corrected chi connectivity index (χ4v) is 1.60. The second-order valence-electron chi connectivity index (χ2n) is 4.81. The van der Waals surface area contributed by atoms with Gasteiger partial charge in [0, 0.05) is 6.54 Å². The van der Waals surface area contributed by atoms with Crippen LogP contribution in [0.2, 0.25) is 0 Å². The molecule has 0 aromatic carbocycles. The molecular weight excluding hydrogens is 214 g/mol.